The normalized spacial score (nSPS) is 18.9. The van der Waals surface area contributed by atoms with Crippen molar-refractivity contribution in [3.05, 3.63) is 35.4 Å². The summed E-state index contributed by atoms with van der Waals surface area (Å²) in [6.45, 7) is 2.60. The molecular weight excluding hydrogens is 238 g/mol. The number of nitrogens with zero attached hydrogens (tertiary/aromatic N) is 1. The van der Waals surface area contributed by atoms with E-state index in [4.69, 9.17) is 5.73 Å². The van der Waals surface area contributed by atoms with Crippen molar-refractivity contribution in [3.8, 4) is 0 Å². The smallest absolute Gasteiger partial charge is 0.219 e. The Labute approximate surface area is 115 Å². The van der Waals surface area contributed by atoms with Crippen LogP contribution in [0.3, 0.4) is 0 Å². The Morgan fingerprint density at radius 1 is 1.47 bits per heavy atom. The second-order valence-corrected chi connectivity index (χ2v) is 5.01. The zero-order valence-corrected chi connectivity index (χ0v) is 11.6. The van der Waals surface area contributed by atoms with E-state index >= 15 is 0 Å². The highest BCUT2D eigenvalue weighted by Gasteiger charge is 2.25. The van der Waals surface area contributed by atoms with Crippen LogP contribution in [0, 0.1) is 0 Å². The number of carbonyl (C=O) groups is 1. The van der Waals surface area contributed by atoms with Crippen LogP contribution in [0.4, 0.5) is 0 Å². The number of hydrogen-bond acceptors (Lipinski definition) is 3. The predicted molar refractivity (Wildman–Crippen MR) is 76.8 cm³/mol. The maximum atomic E-state index is 11.2. The van der Waals surface area contributed by atoms with Gasteiger partial charge in [-0.15, -0.1) is 0 Å². The summed E-state index contributed by atoms with van der Waals surface area (Å²) in [5.41, 5.74) is 8.72. The monoisotopic (exact) mass is 261 g/mol. The molecule has 1 amide bonds. The molecule has 1 aliphatic heterocycles. The largest absolute Gasteiger partial charge is 0.359 e. The van der Waals surface area contributed by atoms with E-state index in [0.29, 0.717) is 19.0 Å². The summed E-state index contributed by atoms with van der Waals surface area (Å²) < 4.78 is 0. The van der Waals surface area contributed by atoms with E-state index in [2.05, 4.69) is 34.5 Å². The van der Waals surface area contributed by atoms with Crippen LogP contribution in [0.2, 0.25) is 0 Å². The molecule has 2 rings (SSSR count). The molecule has 1 unspecified atom stereocenters. The summed E-state index contributed by atoms with van der Waals surface area (Å²) in [5, 5.41) is 2.66. The van der Waals surface area contributed by atoms with Crippen LogP contribution in [-0.2, 0) is 11.2 Å². The lowest BCUT2D eigenvalue weighted by Crippen LogP contribution is -2.40. The number of amides is 1. The molecular formula is C15H23N3O. The van der Waals surface area contributed by atoms with Gasteiger partial charge in [0.15, 0.2) is 0 Å². The summed E-state index contributed by atoms with van der Waals surface area (Å²) in [4.78, 5) is 13.7. The second kappa shape index (κ2) is 6.68. The number of hydrogen-bond donors (Lipinski definition) is 2. The number of nitrogens with one attached hydrogen (secondary N) is 1. The van der Waals surface area contributed by atoms with Crippen LogP contribution < -0.4 is 11.1 Å². The average molecular weight is 261 g/mol. The number of fused-ring (bicyclic) bond motifs is 1. The molecule has 19 heavy (non-hydrogen) atoms. The Balaban J connectivity index is 1.97. The summed E-state index contributed by atoms with van der Waals surface area (Å²) in [6.07, 6.45) is 2.55. The minimum atomic E-state index is 0.113. The van der Waals surface area contributed by atoms with Crippen molar-refractivity contribution in [2.24, 2.45) is 5.73 Å². The van der Waals surface area contributed by atoms with Gasteiger partial charge < -0.3 is 11.1 Å². The van der Waals surface area contributed by atoms with E-state index < -0.39 is 0 Å². The topological polar surface area (TPSA) is 58.4 Å². The molecule has 0 bridgehead atoms. The Kier molecular flexibility index (Phi) is 4.93. The molecule has 4 nitrogen and oxygen atoms in total. The van der Waals surface area contributed by atoms with Crippen LogP contribution in [0.1, 0.15) is 30.0 Å². The molecule has 0 aliphatic carbocycles. The highest BCUT2D eigenvalue weighted by Crippen LogP contribution is 2.28. The molecule has 0 fully saturated rings. The summed E-state index contributed by atoms with van der Waals surface area (Å²) in [5.74, 6) is 0.113. The Hall–Kier alpha value is -1.39. The van der Waals surface area contributed by atoms with Crippen molar-refractivity contribution in [2.45, 2.75) is 25.3 Å². The van der Waals surface area contributed by atoms with Gasteiger partial charge in [-0.05, 0) is 30.5 Å². The maximum Gasteiger partial charge on any atom is 0.219 e. The quantitative estimate of drug-likeness (QED) is 0.833. The first-order chi connectivity index (χ1) is 9.26. The van der Waals surface area contributed by atoms with Crippen molar-refractivity contribution in [1.82, 2.24) is 10.2 Å². The molecule has 1 heterocycles. The van der Waals surface area contributed by atoms with Crippen LogP contribution in [0.5, 0.6) is 0 Å². The van der Waals surface area contributed by atoms with Gasteiger partial charge in [-0.3, -0.25) is 9.69 Å². The third kappa shape index (κ3) is 3.33. The third-order valence-corrected chi connectivity index (χ3v) is 3.87. The summed E-state index contributed by atoms with van der Waals surface area (Å²) >= 11 is 0. The van der Waals surface area contributed by atoms with E-state index in [-0.39, 0.29) is 5.91 Å². The Morgan fingerprint density at radius 2 is 2.26 bits per heavy atom. The predicted octanol–water partition coefficient (Wildman–Crippen LogP) is 1.07. The van der Waals surface area contributed by atoms with Gasteiger partial charge in [-0.1, -0.05) is 24.3 Å². The van der Waals surface area contributed by atoms with E-state index in [1.165, 1.54) is 11.1 Å². The zero-order valence-electron chi connectivity index (χ0n) is 11.6. The summed E-state index contributed by atoms with van der Waals surface area (Å²) in [6, 6.07) is 8.84. The number of benzene rings is 1. The molecule has 0 aromatic heterocycles. The SMILES string of the molecule is CNC(=O)CCCN1CCc2ccccc2C1CN. The fourth-order valence-corrected chi connectivity index (χ4v) is 2.81. The highest BCUT2D eigenvalue weighted by molar-refractivity contribution is 5.75. The van der Waals surface area contributed by atoms with E-state index in [1.54, 1.807) is 7.05 Å². The van der Waals surface area contributed by atoms with Crippen molar-refractivity contribution >= 4 is 5.91 Å². The lowest BCUT2D eigenvalue weighted by molar-refractivity contribution is -0.120. The molecule has 1 aromatic carbocycles. The van der Waals surface area contributed by atoms with Gasteiger partial charge in [0, 0.05) is 32.6 Å². The molecule has 0 saturated carbocycles. The highest BCUT2D eigenvalue weighted by atomic mass is 16.1. The zero-order chi connectivity index (χ0) is 13.7. The molecule has 4 heteroatoms. The number of nitrogens with two attached hydrogens (primary N) is 1. The standard InChI is InChI=1S/C15H23N3O/c1-17-15(19)7-4-9-18-10-8-12-5-2-3-6-13(12)14(18)11-16/h2-3,5-6,14H,4,7-11,16H2,1H3,(H,17,19). The molecule has 1 atom stereocenters. The van der Waals surface area contributed by atoms with Crippen molar-refractivity contribution in [3.63, 3.8) is 0 Å². The van der Waals surface area contributed by atoms with Crippen molar-refractivity contribution in [2.75, 3.05) is 26.7 Å². The van der Waals surface area contributed by atoms with E-state index in [9.17, 15) is 4.79 Å². The van der Waals surface area contributed by atoms with Gasteiger partial charge in [-0.25, -0.2) is 0 Å². The van der Waals surface area contributed by atoms with Crippen LogP contribution in [-0.4, -0.2) is 37.5 Å². The maximum absolute atomic E-state index is 11.2. The Morgan fingerprint density at radius 3 is 3.00 bits per heavy atom. The minimum absolute atomic E-state index is 0.113. The minimum Gasteiger partial charge on any atom is -0.359 e. The first-order valence-corrected chi connectivity index (χ1v) is 6.98. The lowest BCUT2D eigenvalue weighted by atomic mass is 9.92. The number of rotatable bonds is 5. The molecule has 0 saturated heterocycles. The van der Waals surface area contributed by atoms with Crippen LogP contribution in [0.25, 0.3) is 0 Å². The van der Waals surface area contributed by atoms with Crippen LogP contribution in [0.15, 0.2) is 24.3 Å². The third-order valence-electron chi connectivity index (χ3n) is 3.87. The van der Waals surface area contributed by atoms with E-state index in [0.717, 1.165) is 25.9 Å². The van der Waals surface area contributed by atoms with Crippen molar-refractivity contribution in [1.29, 1.82) is 0 Å². The van der Waals surface area contributed by atoms with Gasteiger partial charge in [0.2, 0.25) is 5.91 Å². The van der Waals surface area contributed by atoms with E-state index in [1.807, 2.05) is 0 Å². The summed E-state index contributed by atoms with van der Waals surface area (Å²) in [7, 11) is 1.68. The molecule has 104 valence electrons. The van der Waals surface area contributed by atoms with Gasteiger partial charge in [0.25, 0.3) is 0 Å². The lowest BCUT2D eigenvalue weighted by Gasteiger charge is -2.36. The van der Waals surface area contributed by atoms with Gasteiger partial charge >= 0.3 is 0 Å². The molecule has 3 N–H and O–H groups in total. The molecule has 0 spiro atoms. The van der Waals surface area contributed by atoms with Crippen LogP contribution >= 0.6 is 0 Å². The van der Waals surface area contributed by atoms with Crippen molar-refractivity contribution < 1.29 is 4.79 Å². The first kappa shape index (κ1) is 14.0. The molecule has 1 aromatic rings. The first-order valence-electron chi connectivity index (χ1n) is 6.98. The number of carbonyl (C=O) groups excluding carboxylic acids is 1. The molecule has 1 aliphatic rings. The average Bonchev–Trinajstić information content (AvgIpc) is 2.46. The Bertz CT molecular complexity index is 433. The van der Waals surface area contributed by atoms with Gasteiger partial charge in [0.1, 0.15) is 0 Å². The fraction of sp³-hybridized carbons (Fsp3) is 0.533. The fourth-order valence-electron chi connectivity index (χ4n) is 2.81. The molecule has 0 radical (unpaired) electrons. The second-order valence-electron chi connectivity index (χ2n) is 5.01. The van der Waals surface area contributed by atoms with Gasteiger partial charge in [-0.2, -0.15) is 0 Å². The van der Waals surface area contributed by atoms with Gasteiger partial charge in [0.05, 0.1) is 0 Å².